The van der Waals surface area contributed by atoms with Crippen LogP contribution in [0.3, 0.4) is 0 Å². The molecule has 1 aromatic heterocycles. The van der Waals surface area contributed by atoms with E-state index in [0.29, 0.717) is 5.92 Å². The Labute approximate surface area is 53.5 Å². The first-order chi connectivity index (χ1) is 4.47. The van der Waals surface area contributed by atoms with E-state index in [0.717, 1.165) is 13.1 Å². The summed E-state index contributed by atoms with van der Waals surface area (Å²) < 4.78 is 0. The van der Waals surface area contributed by atoms with Gasteiger partial charge >= 0.3 is 0 Å². The minimum atomic E-state index is 0.712. The van der Waals surface area contributed by atoms with Gasteiger partial charge in [0.05, 0.1) is 6.20 Å². The van der Waals surface area contributed by atoms with Gasteiger partial charge < -0.3 is 5.32 Å². The molecule has 0 amide bonds. The van der Waals surface area contributed by atoms with E-state index in [1.165, 1.54) is 5.56 Å². The number of rotatable bonds is 1. The van der Waals surface area contributed by atoms with Gasteiger partial charge in [0.2, 0.25) is 0 Å². The van der Waals surface area contributed by atoms with Crippen LogP contribution in [0, 0.1) is 0 Å². The van der Waals surface area contributed by atoms with E-state index in [1.54, 1.807) is 0 Å². The van der Waals surface area contributed by atoms with E-state index in [9.17, 15) is 0 Å². The molecule has 0 bridgehead atoms. The summed E-state index contributed by atoms with van der Waals surface area (Å²) in [5, 5.41) is 9.88. The van der Waals surface area contributed by atoms with Gasteiger partial charge in [0.1, 0.15) is 0 Å². The van der Waals surface area contributed by atoms with Gasteiger partial charge in [-0.05, 0) is 5.56 Å². The van der Waals surface area contributed by atoms with E-state index in [4.69, 9.17) is 0 Å². The molecule has 0 spiro atoms. The topological polar surface area (TPSA) is 40.7 Å². The molecule has 0 aliphatic carbocycles. The summed E-state index contributed by atoms with van der Waals surface area (Å²) in [5.41, 5.74) is 1.33. The number of hydrogen-bond acceptors (Lipinski definition) is 2. The molecular weight excluding hydrogens is 114 g/mol. The van der Waals surface area contributed by atoms with Crippen molar-refractivity contribution in [3.63, 3.8) is 0 Å². The van der Waals surface area contributed by atoms with Crippen LogP contribution in [0.15, 0.2) is 12.4 Å². The number of H-pyrrole nitrogens is 1. The van der Waals surface area contributed by atoms with Crippen LogP contribution in [0.5, 0.6) is 0 Å². The third-order valence-electron chi connectivity index (χ3n) is 1.77. The zero-order valence-corrected chi connectivity index (χ0v) is 5.09. The molecule has 2 N–H and O–H groups in total. The molecule has 1 aliphatic rings. The molecule has 48 valence electrons. The zero-order chi connectivity index (χ0) is 6.10. The van der Waals surface area contributed by atoms with Crippen LogP contribution < -0.4 is 5.32 Å². The van der Waals surface area contributed by atoms with E-state index >= 15 is 0 Å². The molecule has 2 rings (SSSR count). The molecule has 0 radical (unpaired) electrons. The van der Waals surface area contributed by atoms with Gasteiger partial charge in [0, 0.05) is 25.2 Å². The van der Waals surface area contributed by atoms with Gasteiger partial charge in [-0.2, -0.15) is 5.10 Å². The number of nitrogens with zero attached hydrogens (tertiary/aromatic N) is 1. The quantitative estimate of drug-likeness (QED) is 0.556. The molecular formula is C6H9N3. The SMILES string of the molecule is c1n[nH]cc1C1CNC1. The van der Waals surface area contributed by atoms with Gasteiger partial charge in [-0.3, -0.25) is 5.10 Å². The summed E-state index contributed by atoms with van der Waals surface area (Å²) in [6, 6.07) is 0. The maximum atomic E-state index is 3.87. The van der Waals surface area contributed by atoms with E-state index in [1.807, 2.05) is 12.4 Å². The largest absolute Gasteiger partial charge is 0.315 e. The maximum absolute atomic E-state index is 3.87. The summed E-state index contributed by atoms with van der Waals surface area (Å²) >= 11 is 0. The third-order valence-corrected chi connectivity index (χ3v) is 1.77. The Bertz CT molecular complexity index is 176. The average Bonchev–Trinajstić information content (AvgIpc) is 2.11. The van der Waals surface area contributed by atoms with Gasteiger partial charge in [-0.15, -0.1) is 0 Å². The highest BCUT2D eigenvalue weighted by Gasteiger charge is 2.18. The van der Waals surface area contributed by atoms with Gasteiger partial charge in [-0.25, -0.2) is 0 Å². The Kier molecular flexibility index (Phi) is 1.02. The lowest BCUT2D eigenvalue weighted by atomic mass is 9.97. The highest BCUT2D eigenvalue weighted by molar-refractivity contribution is 5.14. The number of aromatic amines is 1. The van der Waals surface area contributed by atoms with Crippen molar-refractivity contribution in [1.82, 2.24) is 15.5 Å². The van der Waals surface area contributed by atoms with Crippen molar-refractivity contribution in [1.29, 1.82) is 0 Å². The van der Waals surface area contributed by atoms with Gasteiger partial charge in [0.15, 0.2) is 0 Å². The van der Waals surface area contributed by atoms with Crippen LogP contribution in [-0.2, 0) is 0 Å². The first-order valence-corrected chi connectivity index (χ1v) is 3.16. The minimum absolute atomic E-state index is 0.712. The maximum Gasteiger partial charge on any atom is 0.0523 e. The molecule has 1 aromatic rings. The predicted molar refractivity (Wildman–Crippen MR) is 34.2 cm³/mol. The summed E-state index contributed by atoms with van der Waals surface area (Å²) in [6.07, 6.45) is 3.86. The molecule has 2 heterocycles. The van der Waals surface area contributed by atoms with Gasteiger partial charge in [0.25, 0.3) is 0 Å². The molecule has 0 saturated carbocycles. The van der Waals surface area contributed by atoms with Crippen LogP contribution in [0.25, 0.3) is 0 Å². The first kappa shape index (κ1) is 4.99. The van der Waals surface area contributed by atoms with Crippen LogP contribution in [0.1, 0.15) is 11.5 Å². The summed E-state index contributed by atoms with van der Waals surface area (Å²) in [4.78, 5) is 0. The minimum Gasteiger partial charge on any atom is -0.315 e. The van der Waals surface area contributed by atoms with Crippen LogP contribution >= 0.6 is 0 Å². The fourth-order valence-electron chi connectivity index (χ4n) is 1.01. The predicted octanol–water partition coefficient (Wildman–Crippen LogP) is 0.0965. The van der Waals surface area contributed by atoms with Crippen molar-refractivity contribution >= 4 is 0 Å². The van der Waals surface area contributed by atoms with E-state index in [-0.39, 0.29) is 0 Å². The van der Waals surface area contributed by atoms with Crippen molar-refractivity contribution in [2.24, 2.45) is 0 Å². The summed E-state index contributed by atoms with van der Waals surface area (Å²) in [7, 11) is 0. The lowest BCUT2D eigenvalue weighted by Gasteiger charge is -2.25. The summed E-state index contributed by atoms with van der Waals surface area (Å²) in [6.45, 7) is 2.22. The van der Waals surface area contributed by atoms with Crippen molar-refractivity contribution in [2.75, 3.05) is 13.1 Å². The summed E-state index contributed by atoms with van der Waals surface area (Å²) in [5.74, 6) is 0.712. The molecule has 0 aromatic carbocycles. The molecule has 1 saturated heterocycles. The lowest BCUT2D eigenvalue weighted by Crippen LogP contribution is -2.39. The van der Waals surface area contributed by atoms with E-state index in [2.05, 4.69) is 15.5 Å². The Balaban J connectivity index is 2.14. The number of aromatic nitrogens is 2. The van der Waals surface area contributed by atoms with Crippen molar-refractivity contribution in [3.8, 4) is 0 Å². The molecule has 9 heavy (non-hydrogen) atoms. The van der Waals surface area contributed by atoms with Crippen LogP contribution in [0.2, 0.25) is 0 Å². The Morgan fingerprint density at radius 1 is 1.56 bits per heavy atom. The van der Waals surface area contributed by atoms with Gasteiger partial charge in [-0.1, -0.05) is 0 Å². The zero-order valence-electron chi connectivity index (χ0n) is 5.09. The molecule has 1 aliphatic heterocycles. The Hall–Kier alpha value is -0.830. The van der Waals surface area contributed by atoms with Crippen molar-refractivity contribution in [2.45, 2.75) is 5.92 Å². The normalized spacial score (nSPS) is 19.6. The van der Waals surface area contributed by atoms with Crippen molar-refractivity contribution in [3.05, 3.63) is 18.0 Å². The first-order valence-electron chi connectivity index (χ1n) is 3.16. The third kappa shape index (κ3) is 0.733. The van der Waals surface area contributed by atoms with Crippen LogP contribution in [0.4, 0.5) is 0 Å². The smallest absolute Gasteiger partial charge is 0.0523 e. The fraction of sp³-hybridized carbons (Fsp3) is 0.500. The molecule has 3 nitrogen and oxygen atoms in total. The standard InChI is InChI=1S/C6H9N3/c1-5(2-7-1)6-3-8-9-4-6/h3-5,7H,1-2H2,(H,8,9). The number of hydrogen-bond donors (Lipinski definition) is 2. The second-order valence-corrected chi connectivity index (χ2v) is 2.39. The molecule has 0 unspecified atom stereocenters. The van der Waals surface area contributed by atoms with Crippen LogP contribution in [-0.4, -0.2) is 23.3 Å². The van der Waals surface area contributed by atoms with Crippen molar-refractivity contribution < 1.29 is 0 Å². The molecule has 1 fully saturated rings. The number of nitrogens with one attached hydrogen (secondary N) is 2. The lowest BCUT2D eigenvalue weighted by molar-refractivity contribution is 0.448. The monoisotopic (exact) mass is 123 g/mol. The molecule has 3 heteroatoms. The Morgan fingerprint density at radius 3 is 2.89 bits per heavy atom. The highest BCUT2D eigenvalue weighted by atomic mass is 15.1. The highest BCUT2D eigenvalue weighted by Crippen LogP contribution is 2.16. The van der Waals surface area contributed by atoms with E-state index < -0.39 is 0 Å². The Morgan fingerprint density at radius 2 is 2.44 bits per heavy atom. The second kappa shape index (κ2) is 1.84. The molecule has 0 atom stereocenters. The fourth-order valence-corrected chi connectivity index (χ4v) is 1.01. The second-order valence-electron chi connectivity index (χ2n) is 2.39. The average molecular weight is 123 g/mol.